The molecular formula is C11H16ClN5S2. The summed E-state index contributed by atoms with van der Waals surface area (Å²) in [5.41, 5.74) is 0. The maximum atomic E-state index is 4.36. The van der Waals surface area contributed by atoms with Crippen LogP contribution in [0.25, 0.3) is 0 Å². The number of halogens is 1. The van der Waals surface area contributed by atoms with Crippen molar-refractivity contribution >= 4 is 35.5 Å². The predicted octanol–water partition coefficient (Wildman–Crippen LogP) is 2.31. The third-order valence-corrected chi connectivity index (χ3v) is 5.08. The summed E-state index contributed by atoms with van der Waals surface area (Å²) < 4.78 is 3.13. The van der Waals surface area contributed by atoms with Crippen LogP contribution in [0.4, 0.5) is 0 Å². The van der Waals surface area contributed by atoms with Crippen LogP contribution in [0.5, 0.6) is 0 Å². The third-order valence-electron chi connectivity index (χ3n) is 3.16. The van der Waals surface area contributed by atoms with Crippen LogP contribution in [0.3, 0.4) is 0 Å². The molecular weight excluding hydrogens is 302 g/mol. The Morgan fingerprint density at radius 3 is 2.84 bits per heavy atom. The van der Waals surface area contributed by atoms with E-state index in [1.165, 1.54) is 0 Å². The van der Waals surface area contributed by atoms with E-state index in [4.69, 9.17) is 0 Å². The normalized spacial score (nSPS) is 16.3. The molecule has 5 nitrogen and oxygen atoms in total. The molecule has 0 unspecified atom stereocenters. The van der Waals surface area contributed by atoms with Crippen molar-refractivity contribution in [2.75, 3.05) is 13.1 Å². The molecule has 1 saturated heterocycles. The van der Waals surface area contributed by atoms with Gasteiger partial charge in [0.25, 0.3) is 0 Å². The van der Waals surface area contributed by atoms with Crippen molar-refractivity contribution in [2.45, 2.75) is 28.3 Å². The first-order valence-electron chi connectivity index (χ1n) is 6.02. The van der Waals surface area contributed by atoms with Crippen molar-refractivity contribution in [2.24, 2.45) is 7.05 Å². The zero-order chi connectivity index (χ0) is 12.4. The molecule has 0 atom stereocenters. The minimum atomic E-state index is 0. The first-order chi connectivity index (χ1) is 8.84. The standard InChI is InChI=1S/C11H15N5S2.ClH/c1-16-9(8-2-4-12-5-3-8)14-15-10(16)18-11-13-6-7-17-11;/h6-8,12H,2-5H2,1H3;1H. The first-order valence-corrected chi connectivity index (χ1v) is 7.71. The maximum absolute atomic E-state index is 4.36. The van der Waals surface area contributed by atoms with Crippen LogP contribution < -0.4 is 5.32 Å². The van der Waals surface area contributed by atoms with Crippen molar-refractivity contribution in [3.05, 3.63) is 17.4 Å². The molecule has 1 fully saturated rings. The van der Waals surface area contributed by atoms with Gasteiger partial charge >= 0.3 is 0 Å². The van der Waals surface area contributed by atoms with E-state index < -0.39 is 0 Å². The summed E-state index contributed by atoms with van der Waals surface area (Å²) in [4.78, 5) is 4.26. The highest BCUT2D eigenvalue weighted by molar-refractivity contribution is 8.00. The number of hydrogen-bond donors (Lipinski definition) is 1. The molecule has 0 radical (unpaired) electrons. The summed E-state index contributed by atoms with van der Waals surface area (Å²) in [7, 11) is 2.05. The van der Waals surface area contributed by atoms with Crippen LogP contribution in [0.15, 0.2) is 21.1 Å². The molecule has 19 heavy (non-hydrogen) atoms. The Hall–Kier alpha value is -0.630. The highest BCUT2D eigenvalue weighted by Crippen LogP contribution is 2.30. The SMILES string of the molecule is Cl.Cn1c(Sc2nccs2)nnc1C1CCNCC1. The molecule has 2 aromatic heterocycles. The number of rotatable bonds is 3. The van der Waals surface area contributed by atoms with Gasteiger partial charge in [-0.2, -0.15) is 0 Å². The molecule has 8 heteroatoms. The lowest BCUT2D eigenvalue weighted by atomic mass is 9.97. The molecule has 3 rings (SSSR count). The Kier molecular flexibility index (Phi) is 5.20. The number of thiazole rings is 1. The van der Waals surface area contributed by atoms with E-state index in [-0.39, 0.29) is 12.4 Å². The molecule has 104 valence electrons. The highest BCUT2D eigenvalue weighted by Gasteiger charge is 2.22. The van der Waals surface area contributed by atoms with Gasteiger partial charge in [0.1, 0.15) is 5.82 Å². The number of piperidine rings is 1. The van der Waals surface area contributed by atoms with Gasteiger partial charge in [-0.1, -0.05) is 0 Å². The topological polar surface area (TPSA) is 55.6 Å². The smallest absolute Gasteiger partial charge is 0.198 e. The van der Waals surface area contributed by atoms with Gasteiger partial charge in [0, 0.05) is 24.5 Å². The number of aromatic nitrogens is 4. The van der Waals surface area contributed by atoms with E-state index in [0.29, 0.717) is 5.92 Å². The molecule has 1 N–H and O–H groups in total. The average molecular weight is 318 g/mol. The summed E-state index contributed by atoms with van der Waals surface area (Å²) in [6.45, 7) is 2.15. The number of nitrogens with zero attached hydrogens (tertiary/aromatic N) is 4. The number of nitrogens with one attached hydrogen (secondary N) is 1. The fourth-order valence-electron chi connectivity index (χ4n) is 2.19. The molecule has 0 saturated carbocycles. The molecule has 1 aliphatic rings. The van der Waals surface area contributed by atoms with E-state index in [1.807, 2.05) is 18.6 Å². The summed E-state index contributed by atoms with van der Waals surface area (Å²) in [6, 6.07) is 0. The molecule has 0 bridgehead atoms. The minimum absolute atomic E-state index is 0. The summed E-state index contributed by atoms with van der Waals surface area (Å²) in [5.74, 6) is 1.64. The zero-order valence-corrected chi connectivity index (χ0v) is 13.0. The Balaban J connectivity index is 0.00000133. The van der Waals surface area contributed by atoms with Gasteiger partial charge in [-0.15, -0.1) is 33.9 Å². The van der Waals surface area contributed by atoms with Crippen molar-refractivity contribution in [3.8, 4) is 0 Å². The average Bonchev–Trinajstić information content (AvgIpc) is 3.03. The Labute approximate surface area is 126 Å². The summed E-state index contributed by atoms with van der Waals surface area (Å²) in [6.07, 6.45) is 4.11. The Morgan fingerprint density at radius 2 is 2.16 bits per heavy atom. The molecule has 2 aromatic rings. The second-order valence-corrected chi connectivity index (χ2v) is 6.43. The van der Waals surface area contributed by atoms with E-state index in [2.05, 4.69) is 25.1 Å². The molecule has 1 aliphatic heterocycles. The molecule has 0 aromatic carbocycles. The van der Waals surface area contributed by atoms with Crippen LogP contribution in [-0.4, -0.2) is 32.8 Å². The highest BCUT2D eigenvalue weighted by atomic mass is 35.5. The van der Waals surface area contributed by atoms with Gasteiger partial charge in [0.05, 0.1) is 0 Å². The van der Waals surface area contributed by atoms with Crippen LogP contribution in [0.1, 0.15) is 24.6 Å². The second-order valence-electron chi connectivity index (χ2n) is 4.32. The second kappa shape index (κ2) is 6.69. The van der Waals surface area contributed by atoms with Crippen molar-refractivity contribution in [1.29, 1.82) is 0 Å². The lowest BCUT2D eigenvalue weighted by Gasteiger charge is -2.21. The zero-order valence-electron chi connectivity index (χ0n) is 10.6. The monoisotopic (exact) mass is 317 g/mol. The predicted molar refractivity (Wildman–Crippen MR) is 79.3 cm³/mol. The van der Waals surface area contributed by atoms with Crippen LogP contribution in [0.2, 0.25) is 0 Å². The van der Waals surface area contributed by atoms with Crippen LogP contribution in [-0.2, 0) is 7.05 Å². The van der Waals surface area contributed by atoms with E-state index in [0.717, 1.165) is 41.3 Å². The maximum Gasteiger partial charge on any atom is 0.198 e. The fourth-order valence-corrected chi connectivity index (χ4v) is 3.71. The van der Waals surface area contributed by atoms with E-state index >= 15 is 0 Å². The molecule has 0 amide bonds. The lowest BCUT2D eigenvalue weighted by molar-refractivity contribution is 0.434. The quantitative estimate of drug-likeness (QED) is 0.941. The Bertz CT molecular complexity index is 507. The Morgan fingerprint density at radius 1 is 1.37 bits per heavy atom. The first kappa shape index (κ1) is 14.8. The molecule has 0 spiro atoms. The van der Waals surface area contributed by atoms with Gasteiger partial charge in [-0.05, 0) is 37.7 Å². The summed E-state index contributed by atoms with van der Waals surface area (Å²) >= 11 is 3.22. The summed E-state index contributed by atoms with van der Waals surface area (Å²) in [5, 5.41) is 14.9. The van der Waals surface area contributed by atoms with Crippen molar-refractivity contribution in [1.82, 2.24) is 25.1 Å². The van der Waals surface area contributed by atoms with Gasteiger partial charge < -0.3 is 9.88 Å². The van der Waals surface area contributed by atoms with Crippen molar-refractivity contribution < 1.29 is 0 Å². The fraction of sp³-hybridized carbons (Fsp3) is 0.545. The van der Waals surface area contributed by atoms with Gasteiger partial charge in [-0.3, -0.25) is 0 Å². The molecule has 0 aliphatic carbocycles. The van der Waals surface area contributed by atoms with Crippen molar-refractivity contribution in [3.63, 3.8) is 0 Å². The largest absolute Gasteiger partial charge is 0.317 e. The van der Waals surface area contributed by atoms with Crippen LogP contribution in [0, 0.1) is 0 Å². The molecule has 3 heterocycles. The van der Waals surface area contributed by atoms with E-state index in [9.17, 15) is 0 Å². The van der Waals surface area contributed by atoms with E-state index in [1.54, 1.807) is 23.1 Å². The van der Waals surface area contributed by atoms with Crippen LogP contribution >= 0.6 is 35.5 Å². The minimum Gasteiger partial charge on any atom is -0.317 e. The number of hydrogen-bond acceptors (Lipinski definition) is 6. The van der Waals surface area contributed by atoms with Gasteiger partial charge in [0.2, 0.25) is 0 Å². The van der Waals surface area contributed by atoms with Gasteiger partial charge in [0.15, 0.2) is 9.50 Å². The third kappa shape index (κ3) is 3.28. The van der Waals surface area contributed by atoms with Gasteiger partial charge in [-0.25, -0.2) is 4.98 Å². The lowest BCUT2D eigenvalue weighted by Crippen LogP contribution is -2.27.